The Morgan fingerprint density at radius 1 is 1.33 bits per heavy atom. The van der Waals surface area contributed by atoms with E-state index in [2.05, 4.69) is 0 Å². The fourth-order valence-electron chi connectivity index (χ4n) is 2.47. The topological polar surface area (TPSA) is 65.1 Å². The highest BCUT2D eigenvalue weighted by Gasteiger charge is 2.47. The summed E-state index contributed by atoms with van der Waals surface area (Å²) in [6.45, 7) is 12.0. The largest absolute Gasteiger partial charge is 0.461 e. The molecule has 0 spiro atoms. The van der Waals surface area contributed by atoms with E-state index >= 15 is 0 Å². The Balaban J connectivity index is 2.84. The van der Waals surface area contributed by atoms with Gasteiger partial charge in [0.25, 0.3) is 0 Å². The zero-order valence-corrected chi connectivity index (χ0v) is 13.9. The van der Waals surface area contributed by atoms with Gasteiger partial charge in [0.1, 0.15) is 11.7 Å². The molecule has 0 bridgehead atoms. The van der Waals surface area contributed by atoms with Gasteiger partial charge in [-0.1, -0.05) is 0 Å². The van der Waals surface area contributed by atoms with Gasteiger partial charge < -0.3 is 14.2 Å². The van der Waals surface area contributed by atoms with Gasteiger partial charge in [0.15, 0.2) is 0 Å². The molecule has 0 aromatic carbocycles. The monoisotopic (exact) mass is 301 g/mol. The number of nitrogens with zero attached hydrogens (tertiary/aromatic N) is 1. The predicted molar refractivity (Wildman–Crippen MR) is 78.0 cm³/mol. The Bertz CT molecular complexity index is 390. The van der Waals surface area contributed by atoms with Crippen LogP contribution in [0.25, 0.3) is 0 Å². The SMILES string of the molecule is CCOC[C@]1(C)C[C@H](OC(C)=O)CN1C(=O)OC(C)(C)C. The van der Waals surface area contributed by atoms with Crippen LogP contribution >= 0.6 is 0 Å². The van der Waals surface area contributed by atoms with Crippen LogP contribution in [0.3, 0.4) is 0 Å². The Kier molecular flexibility index (Phi) is 5.61. The van der Waals surface area contributed by atoms with E-state index in [4.69, 9.17) is 14.2 Å². The lowest BCUT2D eigenvalue weighted by Crippen LogP contribution is -2.50. The molecule has 1 aliphatic rings. The van der Waals surface area contributed by atoms with E-state index in [9.17, 15) is 9.59 Å². The molecule has 0 aliphatic carbocycles. The van der Waals surface area contributed by atoms with E-state index in [0.29, 0.717) is 26.2 Å². The number of hydrogen-bond donors (Lipinski definition) is 0. The first-order chi connectivity index (χ1) is 9.57. The second-order valence-electron chi connectivity index (χ2n) is 6.66. The third-order valence-electron chi connectivity index (χ3n) is 3.27. The predicted octanol–water partition coefficient (Wildman–Crippen LogP) is 2.35. The van der Waals surface area contributed by atoms with Crippen LogP contribution in [-0.2, 0) is 19.0 Å². The number of likely N-dealkylation sites (tertiary alicyclic amines) is 1. The second-order valence-corrected chi connectivity index (χ2v) is 6.66. The van der Waals surface area contributed by atoms with Crippen molar-refractivity contribution >= 4 is 12.1 Å². The summed E-state index contributed by atoms with van der Waals surface area (Å²) >= 11 is 0. The van der Waals surface area contributed by atoms with Crippen LogP contribution in [0.5, 0.6) is 0 Å². The smallest absolute Gasteiger partial charge is 0.410 e. The van der Waals surface area contributed by atoms with Gasteiger partial charge in [-0.2, -0.15) is 0 Å². The van der Waals surface area contributed by atoms with Crippen LogP contribution in [0.2, 0.25) is 0 Å². The summed E-state index contributed by atoms with van der Waals surface area (Å²) in [5.41, 5.74) is -1.10. The van der Waals surface area contributed by atoms with Gasteiger partial charge >= 0.3 is 12.1 Å². The van der Waals surface area contributed by atoms with Crippen molar-refractivity contribution in [2.75, 3.05) is 19.8 Å². The highest BCUT2D eigenvalue weighted by molar-refractivity contribution is 5.70. The minimum atomic E-state index is -0.566. The summed E-state index contributed by atoms with van der Waals surface area (Å²) in [4.78, 5) is 25.1. The molecule has 0 aromatic heterocycles. The lowest BCUT2D eigenvalue weighted by Gasteiger charge is -2.35. The second kappa shape index (κ2) is 6.64. The molecule has 1 amide bonds. The first kappa shape index (κ1) is 17.8. The molecule has 21 heavy (non-hydrogen) atoms. The number of rotatable bonds is 4. The number of ether oxygens (including phenoxy) is 3. The Labute approximate surface area is 126 Å². The first-order valence-electron chi connectivity index (χ1n) is 7.33. The average Bonchev–Trinajstić information content (AvgIpc) is 2.61. The van der Waals surface area contributed by atoms with E-state index in [1.54, 1.807) is 4.90 Å². The number of hydrogen-bond acceptors (Lipinski definition) is 5. The van der Waals surface area contributed by atoms with Crippen LogP contribution in [0.4, 0.5) is 4.79 Å². The number of carbonyl (C=O) groups is 2. The standard InChI is InChI=1S/C15H27NO5/c1-7-19-10-15(6)8-12(20-11(2)17)9-16(15)13(18)21-14(3,4)5/h12H,7-10H2,1-6H3/t12-,15-/m0/s1. The molecule has 0 saturated carbocycles. The molecule has 0 aromatic rings. The van der Waals surface area contributed by atoms with Crippen molar-refractivity contribution in [1.29, 1.82) is 0 Å². The molecular formula is C15H27NO5. The van der Waals surface area contributed by atoms with Crippen LogP contribution in [-0.4, -0.2) is 54.0 Å². The summed E-state index contributed by atoms with van der Waals surface area (Å²) in [6, 6.07) is 0. The van der Waals surface area contributed by atoms with E-state index in [-0.39, 0.29) is 12.1 Å². The van der Waals surface area contributed by atoms with E-state index in [0.717, 1.165) is 0 Å². The zero-order valence-electron chi connectivity index (χ0n) is 13.9. The summed E-state index contributed by atoms with van der Waals surface area (Å²) in [5, 5.41) is 0. The van der Waals surface area contributed by atoms with E-state index < -0.39 is 17.2 Å². The van der Waals surface area contributed by atoms with Gasteiger partial charge in [-0.15, -0.1) is 0 Å². The molecule has 0 unspecified atom stereocenters. The van der Waals surface area contributed by atoms with Crippen molar-refractivity contribution in [2.24, 2.45) is 0 Å². The number of carbonyl (C=O) groups excluding carboxylic acids is 2. The maximum Gasteiger partial charge on any atom is 0.410 e. The first-order valence-corrected chi connectivity index (χ1v) is 7.33. The molecule has 0 radical (unpaired) electrons. The van der Waals surface area contributed by atoms with E-state index in [1.807, 2.05) is 34.6 Å². The fourth-order valence-corrected chi connectivity index (χ4v) is 2.47. The molecule has 1 saturated heterocycles. The summed E-state index contributed by atoms with van der Waals surface area (Å²) in [7, 11) is 0. The van der Waals surface area contributed by atoms with Crippen LogP contribution in [0.15, 0.2) is 0 Å². The van der Waals surface area contributed by atoms with Crippen LogP contribution in [0.1, 0.15) is 48.0 Å². The van der Waals surface area contributed by atoms with Gasteiger partial charge in [-0.3, -0.25) is 9.69 Å². The van der Waals surface area contributed by atoms with Crippen molar-refractivity contribution in [3.63, 3.8) is 0 Å². The van der Waals surface area contributed by atoms with Crippen LogP contribution in [0, 0.1) is 0 Å². The van der Waals surface area contributed by atoms with Gasteiger partial charge in [0.2, 0.25) is 0 Å². The maximum atomic E-state index is 12.4. The lowest BCUT2D eigenvalue weighted by atomic mass is 9.99. The quantitative estimate of drug-likeness (QED) is 0.746. The Morgan fingerprint density at radius 3 is 2.43 bits per heavy atom. The molecule has 6 heteroatoms. The molecule has 1 aliphatic heterocycles. The van der Waals surface area contributed by atoms with Crippen molar-refractivity contribution in [2.45, 2.75) is 65.2 Å². The van der Waals surface area contributed by atoms with Crippen molar-refractivity contribution < 1.29 is 23.8 Å². The van der Waals surface area contributed by atoms with Crippen molar-refractivity contribution in [3.8, 4) is 0 Å². The van der Waals surface area contributed by atoms with E-state index in [1.165, 1.54) is 6.92 Å². The van der Waals surface area contributed by atoms with Crippen LogP contribution < -0.4 is 0 Å². The number of esters is 1. The molecule has 6 nitrogen and oxygen atoms in total. The van der Waals surface area contributed by atoms with Crippen molar-refractivity contribution in [1.82, 2.24) is 4.90 Å². The molecular weight excluding hydrogens is 274 g/mol. The maximum absolute atomic E-state index is 12.4. The van der Waals surface area contributed by atoms with Gasteiger partial charge in [-0.25, -0.2) is 4.79 Å². The van der Waals surface area contributed by atoms with Crippen molar-refractivity contribution in [3.05, 3.63) is 0 Å². The minimum Gasteiger partial charge on any atom is -0.461 e. The zero-order chi connectivity index (χ0) is 16.3. The highest BCUT2D eigenvalue weighted by Crippen LogP contribution is 2.32. The lowest BCUT2D eigenvalue weighted by molar-refractivity contribution is -0.145. The third-order valence-corrected chi connectivity index (χ3v) is 3.27. The molecule has 0 N–H and O–H groups in total. The number of amides is 1. The highest BCUT2D eigenvalue weighted by atomic mass is 16.6. The molecule has 1 fully saturated rings. The summed E-state index contributed by atoms with van der Waals surface area (Å²) < 4.78 is 16.2. The molecule has 1 rings (SSSR count). The fraction of sp³-hybridized carbons (Fsp3) is 0.867. The minimum absolute atomic E-state index is 0.319. The van der Waals surface area contributed by atoms with Gasteiger partial charge in [0.05, 0.1) is 18.7 Å². The molecule has 2 atom stereocenters. The van der Waals surface area contributed by atoms with Gasteiger partial charge in [0, 0.05) is 20.0 Å². The summed E-state index contributed by atoms with van der Waals surface area (Å²) in [5.74, 6) is -0.343. The van der Waals surface area contributed by atoms with Gasteiger partial charge in [-0.05, 0) is 34.6 Å². The normalized spacial score (nSPS) is 25.8. The average molecular weight is 301 g/mol. The summed E-state index contributed by atoms with van der Waals surface area (Å²) in [6.07, 6.45) is -0.175. The third kappa shape index (κ3) is 5.19. The Hall–Kier alpha value is -1.30. The molecule has 122 valence electrons. The Morgan fingerprint density at radius 2 is 1.95 bits per heavy atom. The molecule has 1 heterocycles.